The minimum absolute atomic E-state index is 0.0739. The van der Waals surface area contributed by atoms with Crippen LogP contribution >= 0.6 is 0 Å². The summed E-state index contributed by atoms with van der Waals surface area (Å²) in [5.74, 6) is 0.596. The van der Waals surface area contributed by atoms with Crippen LogP contribution in [-0.2, 0) is 4.79 Å². The van der Waals surface area contributed by atoms with Crippen molar-refractivity contribution in [1.29, 1.82) is 10.5 Å². The van der Waals surface area contributed by atoms with E-state index in [9.17, 15) is 9.59 Å². The van der Waals surface area contributed by atoms with E-state index in [2.05, 4.69) is 31.8 Å². The number of likely N-dealkylation sites (tertiary alicyclic amines) is 1. The van der Waals surface area contributed by atoms with Crippen molar-refractivity contribution in [2.45, 2.75) is 45.6 Å². The molecule has 4 heterocycles. The standard InChI is InChI=1S/C26H29N9O2/c1-17(2)33-22-12-23(35-25-20(15-32-35)11-19(13-28)14-31-25)30-16-21(22)26(37)29-8-4-18-5-9-34(10-6-18)24(36)3-7-27/h11-12,14-18H,3-6,8-10H2,1-2H3,(H,29,37)(H,30,33). The summed E-state index contributed by atoms with van der Waals surface area (Å²) in [6, 6.07) is 7.56. The average Bonchev–Trinajstić information content (AvgIpc) is 3.32. The number of anilines is 1. The summed E-state index contributed by atoms with van der Waals surface area (Å²) in [6.45, 7) is 5.81. The van der Waals surface area contributed by atoms with Gasteiger partial charge in [0, 0.05) is 49.5 Å². The Morgan fingerprint density at radius 3 is 2.62 bits per heavy atom. The first-order valence-electron chi connectivity index (χ1n) is 12.3. The fourth-order valence-electron chi connectivity index (χ4n) is 4.46. The van der Waals surface area contributed by atoms with Gasteiger partial charge < -0.3 is 15.5 Å². The highest BCUT2D eigenvalue weighted by Gasteiger charge is 2.23. The van der Waals surface area contributed by atoms with Crippen molar-refractivity contribution in [1.82, 2.24) is 30.0 Å². The van der Waals surface area contributed by atoms with Crippen LogP contribution in [0.4, 0.5) is 5.69 Å². The monoisotopic (exact) mass is 499 g/mol. The Hall–Kier alpha value is -4.51. The normalized spacial score (nSPS) is 13.8. The minimum Gasteiger partial charge on any atom is -0.382 e. The smallest absolute Gasteiger partial charge is 0.254 e. The van der Waals surface area contributed by atoms with Gasteiger partial charge in [0.25, 0.3) is 5.91 Å². The molecule has 0 atom stereocenters. The van der Waals surface area contributed by atoms with Crippen LogP contribution in [0.1, 0.15) is 55.5 Å². The molecular formula is C26H29N9O2. The highest BCUT2D eigenvalue weighted by molar-refractivity contribution is 5.99. The second kappa shape index (κ2) is 11.5. The summed E-state index contributed by atoms with van der Waals surface area (Å²) in [5.41, 5.74) is 2.09. The average molecular weight is 500 g/mol. The summed E-state index contributed by atoms with van der Waals surface area (Å²) in [5, 5.41) is 29.2. The molecule has 4 rings (SSSR count). The van der Waals surface area contributed by atoms with Gasteiger partial charge in [-0.15, -0.1) is 0 Å². The van der Waals surface area contributed by atoms with E-state index >= 15 is 0 Å². The van der Waals surface area contributed by atoms with E-state index in [0.717, 1.165) is 24.6 Å². The lowest BCUT2D eigenvalue weighted by atomic mass is 9.93. The van der Waals surface area contributed by atoms with E-state index in [0.29, 0.717) is 53.8 Å². The van der Waals surface area contributed by atoms with E-state index in [4.69, 9.17) is 10.5 Å². The minimum atomic E-state index is -0.217. The number of fused-ring (bicyclic) bond motifs is 1. The van der Waals surface area contributed by atoms with Gasteiger partial charge in [-0.25, -0.2) is 9.97 Å². The SMILES string of the molecule is CC(C)Nc1cc(-n2ncc3cc(C#N)cnc32)ncc1C(=O)NCCC1CCN(C(=O)CC#N)CC1. The molecule has 1 fully saturated rings. The van der Waals surface area contributed by atoms with E-state index in [1.54, 1.807) is 27.9 Å². The third kappa shape index (κ3) is 6.01. The van der Waals surface area contributed by atoms with Gasteiger partial charge in [0.2, 0.25) is 5.91 Å². The molecule has 37 heavy (non-hydrogen) atoms. The molecule has 0 saturated carbocycles. The Balaban J connectivity index is 1.42. The Labute approximate surface area is 215 Å². The Morgan fingerprint density at radius 1 is 1.14 bits per heavy atom. The molecule has 1 aliphatic rings. The maximum absolute atomic E-state index is 13.0. The van der Waals surface area contributed by atoms with E-state index in [1.807, 2.05) is 19.9 Å². The zero-order chi connectivity index (χ0) is 26.4. The van der Waals surface area contributed by atoms with Crippen molar-refractivity contribution in [2.24, 2.45) is 5.92 Å². The van der Waals surface area contributed by atoms with Crippen LogP contribution in [-0.4, -0.2) is 62.1 Å². The molecule has 11 heteroatoms. The molecule has 0 radical (unpaired) electrons. The number of pyridine rings is 2. The largest absolute Gasteiger partial charge is 0.382 e. The topological polar surface area (TPSA) is 153 Å². The highest BCUT2D eigenvalue weighted by atomic mass is 16.2. The molecule has 190 valence electrons. The third-order valence-electron chi connectivity index (χ3n) is 6.37. The van der Waals surface area contributed by atoms with Crippen molar-refractivity contribution >= 4 is 28.5 Å². The van der Waals surface area contributed by atoms with Gasteiger partial charge in [-0.2, -0.15) is 20.3 Å². The lowest BCUT2D eigenvalue weighted by molar-refractivity contribution is -0.131. The molecule has 1 saturated heterocycles. The Bertz CT molecular complexity index is 1370. The molecule has 0 aliphatic carbocycles. The van der Waals surface area contributed by atoms with Crippen molar-refractivity contribution in [3.8, 4) is 18.0 Å². The second-order valence-corrected chi connectivity index (χ2v) is 9.40. The molecule has 0 aromatic carbocycles. The number of rotatable bonds is 8. The Morgan fingerprint density at radius 2 is 1.92 bits per heavy atom. The number of hydrogen-bond donors (Lipinski definition) is 2. The summed E-state index contributed by atoms with van der Waals surface area (Å²) in [7, 11) is 0. The van der Waals surface area contributed by atoms with Crippen molar-refractivity contribution in [2.75, 3.05) is 25.0 Å². The van der Waals surface area contributed by atoms with Crippen molar-refractivity contribution < 1.29 is 9.59 Å². The fourth-order valence-corrected chi connectivity index (χ4v) is 4.46. The first kappa shape index (κ1) is 25.6. The van der Waals surface area contributed by atoms with Crippen LogP contribution in [0.5, 0.6) is 0 Å². The molecule has 0 unspecified atom stereocenters. The van der Waals surface area contributed by atoms with Gasteiger partial charge in [0.05, 0.1) is 29.1 Å². The van der Waals surface area contributed by atoms with Gasteiger partial charge in [0.1, 0.15) is 12.5 Å². The summed E-state index contributed by atoms with van der Waals surface area (Å²) in [6.07, 6.45) is 7.13. The van der Waals surface area contributed by atoms with Crippen LogP contribution in [0.3, 0.4) is 0 Å². The molecule has 0 spiro atoms. The first-order chi connectivity index (χ1) is 17.9. The van der Waals surface area contributed by atoms with E-state index < -0.39 is 0 Å². The first-order valence-corrected chi connectivity index (χ1v) is 12.3. The van der Waals surface area contributed by atoms with Gasteiger partial charge >= 0.3 is 0 Å². The highest BCUT2D eigenvalue weighted by Crippen LogP contribution is 2.23. The number of nitriles is 2. The molecule has 2 N–H and O–H groups in total. The van der Waals surface area contributed by atoms with Crippen LogP contribution in [0, 0.1) is 28.6 Å². The number of aromatic nitrogens is 4. The maximum Gasteiger partial charge on any atom is 0.254 e. The van der Waals surface area contributed by atoms with Crippen LogP contribution < -0.4 is 10.6 Å². The number of hydrogen-bond acceptors (Lipinski definition) is 8. The molecule has 3 aromatic rings. The lowest BCUT2D eigenvalue weighted by Crippen LogP contribution is -2.39. The summed E-state index contributed by atoms with van der Waals surface area (Å²) < 4.78 is 1.58. The molecular weight excluding hydrogens is 470 g/mol. The van der Waals surface area contributed by atoms with Gasteiger partial charge in [-0.1, -0.05) is 0 Å². The van der Waals surface area contributed by atoms with Gasteiger partial charge in [0.15, 0.2) is 11.5 Å². The number of nitrogens with zero attached hydrogens (tertiary/aromatic N) is 7. The molecule has 1 aliphatic heterocycles. The number of piperidine rings is 1. The van der Waals surface area contributed by atoms with Crippen LogP contribution in [0.15, 0.2) is 30.7 Å². The van der Waals surface area contributed by atoms with E-state index in [1.165, 1.54) is 12.4 Å². The second-order valence-electron chi connectivity index (χ2n) is 9.40. The predicted octanol–water partition coefficient (Wildman–Crippen LogP) is 2.78. The summed E-state index contributed by atoms with van der Waals surface area (Å²) >= 11 is 0. The lowest BCUT2D eigenvalue weighted by Gasteiger charge is -2.31. The van der Waals surface area contributed by atoms with Crippen LogP contribution in [0.2, 0.25) is 0 Å². The number of amides is 2. The zero-order valence-corrected chi connectivity index (χ0v) is 20.9. The number of carbonyl (C=O) groups excluding carboxylic acids is 2. The van der Waals surface area contributed by atoms with Crippen molar-refractivity contribution in [3.05, 3.63) is 41.9 Å². The number of nitrogens with one attached hydrogen (secondary N) is 2. The maximum atomic E-state index is 13.0. The molecule has 3 aromatic heterocycles. The predicted molar refractivity (Wildman–Crippen MR) is 137 cm³/mol. The van der Waals surface area contributed by atoms with Gasteiger partial charge in [-0.3, -0.25) is 9.59 Å². The Kier molecular flexibility index (Phi) is 7.94. The quantitative estimate of drug-likeness (QED) is 0.480. The van der Waals surface area contributed by atoms with Crippen LogP contribution in [0.25, 0.3) is 16.9 Å². The summed E-state index contributed by atoms with van der Waals surface area (Å²) in [4.78, 5) is 35.5. The molecule has 0 bridgehead atoms. The number of carbonyl (C=O) groups is 2. The molecule has 2 amide bonds. The van der Waals surface area contributed by atoms with Crippen molar-refractivity contribution in [3.63, 3.8) is 0 Å². The molecule has 11 nitrogen and oxygen atoms in total. The fraction of sp³-hybridized carbons (Fsp3) is 0.423. The third-order valence-corrected chi connectivity index (χ3v) is 6.37. The van der Waals surface area contributed by atoms with E-state index in [-0.39, 0.29) is 24.3 Å². The zero-order valence-electron chi connectivity index (χ0n) is 20.9. The van der Waals surface area contributed by atoms with Gasteiger partial charge in [-0.05, 0) is 45.1 Å².